The topological polar surface area (TPSA) is 53.1 Å². The summed E-state index contributed by atoms with van der Waals surface area (Å²) in [6.07, 6.45) is 1.71. The van der Waals surface area contributed by atoms with Gasteiger partial charge in [0.05, 0.1) is 5.56 Å². The number of para-hydroxylation sites is 1. The molecular weight excluding hydrogens is 178 g/mol. The first-order valence-corrected chi connectivity index (χ1v) is 4.08. The minimum Gasteiger partial charge on any atom is -0.472 e. The smallest absolute Gasteiger partial charge is 0.382 e. The van der Waals surface area contributed by atoms with E-state index < -0.39 is 5.97 Å². The molecule has 2 aromatic rings. The van der Waals surface area contributed by atoms with Crippen molar-refractivity contribution >= 4 is 16.9 Å². The number of carboxylic acids is 1. The zero-order valence-corrected chi connectivity index (χ0v) is 7.24. The molecule has 0 aliphatic carbocycles. The summed E-state index contributed by atoms with van der Waals surface area (Å²) in [4.78, 5) is 13.3. The molecule has 0 aliphatic heterocycles. The number of aromatic amines is 1. The van der Waals surface area contributed by atoms with Gasteiger partial charge in [0.15, 0.2) is 0 Å². The predicted octanol–water partition coefficient (Wildman–Crippen LogP) is 1.60. The summed E-state index contributed by atoms with van der Waals surface area (Å²) < 4.78 is 0. The van der Waals surface area contributed by atoms with Crippen LogP contribution >= 0.6 is 0 Å². The molecule has 0 bridgehead atoms. The van der Waals surface area contributed by atoms with Crippen LogP contribution in [0.4, 0.5) is 0 Å². The van der Waals surface area contributed by atoms with E-state index in [9.17, 15) is 4.79 Å². The van der Waals surface area contributed by atoms with Gasteiger partial charge in [-0.25, -0.2) is 4.79 Å². The summed E-state index contributed by atoms with van der Waals surface area (Å²) in [6.45, 7) is 0. The Morgan fingerprint density at radius 2 is 2.14 bits per heavy atom. The minimum absolute atomic E-state index is 0.711. The SMILES string of the molecule is O=C(O)C#Cc1c[nH]c2ccccc12. The average Bonchev–Trinajstić information content (AvgIpc) is 2.58. The first kappa shape index (κ1) is 8.39. The van der Waals surface area contributed by atoms with Crippen molar-refractivity contribution in [3.05, 3.63) is 36.0 Å². The monoisotopic (exact) mass is 185 g/mol. The number of carboxylic acid groups (broad SMARTS) is 1. The molecule has 0 atom stereocenters. The van der Waals surface area contributed by atoms with Crippen molar-refractivity contribution in [2.45, 2.75) is 0 Å². The normalized spacial score (nSPS) is 9.43. The number of hydrogen-bond acceptors (Lipinski definition) is 1. The van der Waals surface area contributed by atoms with Crippen molar-refractivity contribution in [2.24, 2.45) is 0 Å². The highest BCUT2D eigenvalue weighted by molar-refractivity contribution is 5.91. The molecule has 2 N–H and O–H groups in total. The van der Waals surface area contributed by atoms with Crippen LogP contribution in [0.15, 0.2) is 30.5 Å². The van der Waals surface area contributed by atoms with Crippen LogP contribution in [-0.4, -0.2) is 16.1 Å². The number of rotatable bonds is 0. The van der Waals surface area contributed by atoms with Crippen molar-refractivity contribution in [3.63, 3.8) is 0 Å². The quantitative estimate of drug-likeness (QED) is 0.612. The average molecular weight is 185 g/mol. The van der Waals surface area contributed by atoms with Crippen LogP contribution in [0.1, 0.15) is 5.56 Å². The number of aromatic nitrogens is 1. The lowest BCUT2D eigenvalue weighted by Crippen LogP contribution is -1.86. The van der Waals surface area contributed by atoms with Crippen molar-refractivity contribution in [1.82, 2.24) is 4.98 Å². The summed E-state index contributed by atoms with van der Waals surface area (Å²) in [5, 5.41) is 9.35. The summed E-state index contributed by atoms with van der Waals surface area (Å²) in [7, 11) is 0. The Morgan fingerprint density at radius 3 is 2.93 bits per heavy atom. The molecule has 0 aliphatic rings. The molecule has 0 saturated carbocycles. The number of hydrogen-bond donors (Lipinski definition) is 2. The van der Waals surface area contributed by atoms with E-state index in [1.165, 1.54) is 0 Å². The van der Waals surface area contributed by atoms with Crippen LogP contribution < -0.4 is 0 Å². The van der Waals surface area contributed by atoms with Crippen molar-refractivity contribution < 1.29 is 9.90 Å². The van der Waals surface area contributed by atoms with Crippen molar-refractivity contribution in [3.8, 4) is 11.8 Å². The number of aliphatic carboxylic acids is 1. The fourth-order valence-corrected chi connectivity index (χ4v) is 1.30. The third-order valence-electron chi connectivity index (χ3n) is 1.89. The zero-order valence-electron chi connectivity index (χ0n) is 7.24. The second-order valence-electron chi connectivity index (χ2n) is 2.80. The van der Waals surface area contributed by atoms with Gasteiger partial charge in [0.2, 0.25) is 0 Å². The Kier molecular flexibility index (Phi) is 1.96. The molecule has 3 nitrogen and oxygen atoms in total. The van der Waals surface area contributed by atoms with E-state index in [1.807, 2.05) is 24.3 Å². The minimum atomic E-state index is -1.12. The number of carbonyl (C=O) groups is 1. The summed E-state index contributed by atoms with van der Waals surface area (Å²) in [5.41, 5.74) is 1.67. The predicted molar refractivity (Wildman–Crippen MR) is 52.8 cm³/mol. The van der Waals surface area contributed by atoms with Crippen LogP contribution in [0.3, 0.4) is 0 Å². The Balaban J connectivity index is 2.55. The highest BCUT2D eigenvalue weighted by Gasteiger charge is 1.98. The van der Waals surface area contributed by atoms with Crippen molar-refractivity contribution in [2.75, 3.05) is 0 Å². The van der Waals surface area contributed by atoms with Gasteiger partial charge in [-0.2, -0.15) is 0 Å². The molecule has 1 aromatic carbocycles. The zero-order chi connectivity index (χ0) is 9.97. The Morgan fingerprint density at radius 1 is 1.36 bits per heavy atom. The number of nitrogens with one attached hydrogen (secondary N) is 1. The van der Waals surface area contributed by atoms with E-state index in [0.717, 1.165) is 10.9 Å². The van der Waals surface area contributed by atoms with Crippen LogP contribution in [0.2, 0.25) is 0 Å². The highest BCUT2D eigenvalue weighted by Crippen LogP contribution is 2.15. The Hall–Kier alpha value is -2.21. The van der Waals surface area contributed by atoms with Gasteiger partial charge in [0.25, 0.3) is 0 Å². The molecule has 2 rings (SSSR count). The lowest BCUT2D eigenvalue weighted by Gasteiger charge is -1.87. The first-order valence-electron chi connectivity index (χ1n) is 4.08. The molecule has 0 saturated heterocycles. The molecule has 1 aromatic heterocycles. The molecule has 68 valence electrons. The molecule has 1 heterocycles. The van der Waals surface area contributed by atoms with Gasteiger partial charge >= 0.3 is 5.97 Å². The third kappa shape index (κ3) is 1.46. The molecule has 14 heavy (non-hydrogen) atoms. The fourth-order valence-electron chi connectivity index (χ4n) is 1.30. The number of benzene rings is 1. The van der Waals surface area contributed by atoms with E-state index in [-0.39, 0.29) is 0 Å². The van der Waals surface area contributed by atoms with Gasteiger partial charge in [-0.3, -0.25) is 0 Å². The molecule has 0 fully saturated rings. The maximum Gasteiger partial charge on any atom is 0.382 e. The lowest BCUT2D eigenvalue weighted by atomic mass is 10.2. The van der Waals surface area contributed by atoms with Crippen LogP contribution in [0.25, 0.3) is 10.9 Å². The van der Waals surface area contributed by atoms with E-state index in [4.69, 9.17) is 5.11 Å². The Bertz CT molecular complexity index is 543. The summed E-state index contributed by atoms with van der Waals surface area (Å²) in [6, 6.07) is 7.62. The van der Waals surface area contributed by atoms with E-state index in [2.05, 4.69) is 16.8 Å². The first-order chi connectivity index (χ1) is 6.77. The Labute approximate surface area is 80.4 Å². The van der Waals surface area contributed by atoms with Crippen LogP contribution in [0.5, 0.6) is 0 Å². The van der Waals surface area contributed by atoms with Crippen LogP contribution in [-0.2, 0) is 4.79 Å². The van der Waals surface area contributed by atoms with Gasteiger partial charge < -0.3 is 10.1 Å². The van der Waals surface area contributed by atoms with Gasteiger partial charge in [0.1, 0.15) is 0 Å². The molecule has 0 radical (unpaired) electrons. The van der Waals surface area contributed by atoms with Crippen molar-refractivity contribution in [1.29, 1.82) is 0 Å². The highest BCUT2D eigenvalue weighted by atomic mass is 16.4. The van der Waals surface area contributed by atoms with E-state index in [0.29, 0.717) is 5.56 Å². The second-order valence-corrected chi connectivity index (χ2v) is 2.80. The van der Waals surface area contributed by atoms with Gasteiger partial charge in [0, 0.05) is 23.0 Å². The van der Waals surface area contributed by atoms with E-state index >= 15 is 0 Å². The van der Waals surface area contributed by atoms with Gasteiger partial charge in [-0.05, 0) is 6.07 Å². The maximum atomic E-state index is 10.2. The number of fused-ring (bicyclic) bond motifs is 1. The third-order valence-corrected chi connectivity index (χ3v) is 1.89. The van der Waals surface area contributed by atoms with Gasteiger partial charge in [-0.1, -0.05) is 24.1 Å². The van der Waals surface area contributed by atoms with Gasteiger partial charge in [-0.15, -0.1) is 0 Å². The molecule has 0 unspecified atom stereocenters. The van der Waals surface area contributed by atoms with Crippen LogP contribution in [0, 0.1) is 11.8 Å². The fraction of sp³-hybridized carbons (Fsp3) is 0. The molecule has 3 heteroatoms. The summed E-state index contributed by atoms with van der Waals surface area (Å²) in [5.74, 6) is 3.56. The largest absolute Gasteiger partial charge is 0.472 e. The van der Waals surface area contributed by atoms with E-state index in [1.54, 1.807) is 6.20 Å². The second kappa shape index (κ2) is 3.27. The standard InChI is InChI=1S/C11H7NO2/c13-11(14)6-5-8-7-12-10-4-2-1-3-9(8)10/h1-4,7,12H,(H,13,14). The molecule has 0 spiro atoms. The lowest BCUT2D eigenvalue weighted by molar-refractivity contribution is -0.130. The maximum absolute atomic E-state index is 10.2. The molecular formula is C11H7NO2. The number of H-pyrrole nitrogens is 1. The molecule has 0 amide bonds. The summed E-state index contributed by atoms with van der Waals surface area (Å²) >= 11 is 0.